The molecule has 0 aliphatic heterocycles. The molecule has 0 amide bonds. The second kappa shape index (κ2) is 7.55. The standard InChI is InChI=1S/C18H13ClO5S/c19-15-9-13-16(10-17(15)23-7-4-8-25(21)22)24-11-14(18(13)20)12-5-2-1-3-6-12/h1-3,5-6,8-11H,4,7H2. The van der Waals surface area contributed by atoms with Gasteiger partial charge in [0.05, 0.1) is 22.6 Å². The van der Waals surface area contributed by atoms with Gasteiger partial charge in [0.2, 0.25) is 15.7 Å². The van der Waals surface area contributed by atoms with Crippen LogP contribution in [-0.2, 0) is 10.3 Å². The van der Waals surface area contributed by atoms with E-state index < -0.39 is 10.3 Å². The van der Waals surface area contributed by atoms with E-state index in [0.717, 1.165) is 10.9 Å². The highest BCUT2D eigenvalue weighted by Gasteiger charge is 2.12. The average Bonchev–Trinajstić information content (AvgIpc) is 2.60. The van der Waals surface area contributed by atoms with Crippen molar-refractivity contribution in [3.63, 3.8) is 0 Å². The van der Waals surface area contributed by atoms with Gasteiger partial charge in [0, 0.05) is 17.9 Å². The molecule has 0 saturated carbocycles. The Morgan fingerprint density at radius 2 is 1.92 bits per heavy atom. The minimum atomic E-state index is -2.22. The first kappa shape index (κ1) is 17.3. The summed E-state index contributed by atoms with van der Waals surface area (Å²) in [6, 6.07) is 12.2. The molecule has 0 spiro atoms. The number of fused-ring (bicyclic) bond motifs is 1. The van der Waals surface area contributed by atoms with Crippen molar-refractivity contribution in [3.05, 3.63) is 64.0 Å². The third-order valence-corrected chi connectivity index (χ3v) is 4.34. The maximum atomic E-state index is 12.7. The second-order valence-corrected chi connectivity index (χ2v) is 6.45. The van der Waals surface area contributed by atoms with Crippen LogP contribution in [0.25, 0.3) is 22.1 Å². The molecule has 0 atom stereocenters. The molecule has 0 saturated heterocycles. The van der Waals surface area contributed by atoms with Gasteiger partial charge in [-0.2, -0.15) is 8.42 Å². The Labute approximate surface area is 150 Å². The largest absolute Gasteiger partial charge is 0.492 e. The summed E-state index contributed by atoms with van der Waals surface area (Å²) in [4.78, 5) is 12.7. The monoisotopic (exact) mass is 376 g/mol. The predicted octanol–water partition coefficient (Wildman–Crippen LogP) is 3.56. The van der Waals surface area contributed by atoms with Crippen molar-refractivity contribution in [2.24, 2.45) is 0 Å². The molecule has 1 heterocycles. The van der Waals surface area contributed by atoms with E-state index in [2.05, 4.69) is 0 Å². The molecular formula is C18H13ClO5S. The van der Waals surface area contributed by atoms with Gasteiger partial charge in [-0.05, 0) is 11.6 Å². The zero-order valence-corrected chi connectivity index (χ0v) is 14.5. The lowest BCUT2D eigenvalue weighted by Gasteiger charge is -2.08. The van der Waals surface area contributed by atoms with Crippen molar-refractivity contribution in [1.29, 1.82) is 0 Å². The quantitative estimate of drug-likeness (QED) is 0.502. The van der Waals surface area contributed by atoms with Crippen LogP contribution in [0.2, 0.25) is 5.02 Å². The van der Waals surface area contributed by atoms with Crippen LogP contribution in [0, 0.1) is 0 Å². The van der Waals surface area contributed by atoms with Gasteiger partial charge in [0.25, 0.3) is 0 Å². The van der Waals surface area contributed by atoms with Crippen LogP contribution >= 0.6 is 11.6 Å². The molecule has 7 heteroatoms. The summed E-state index contributed by atoms with van der Waals surface area (Å²) in [5.74, 6) is 0.329. The molecule has 0 fully saturated rings. The van der Waals surface area contributed by atoms with Crippen LogP contribution in [-0.4, -0.2) is 20.4 Å². The molecule has 5 nitrogen and oxygen atoms in total. The van der Waals surface area contributed by atoms with Crippen LogP contribution in [0.4, 0.5) is 0 Å². The van der Waals surface area contributed by atoms with Gasteiger partial charge in [-0.3, -0.25) is 4.79 Å². The molecular weight excluding hydrogens is 364 g/mol. The summed E-state index contributed by atoms with van der Waals surface area (Å²) in [5.41, 5.74) is 1.37. The number of benzene rings is 2. The SMILES string of the molecule is O=c1c(-c2ccccc2)coc2cc(OCCC=S(=O)=O)c(Cl)cc12. The van der Waals surface area contributed by atoms with Crippen LogP contribution in [0.1, 0.15) is 6.42 Å². The van der Waals surface area contributed by atoms with E-state index in [9.17, 15) is 13.2 Å². The third kappa shape index (κ3) is 3.92. The molecule has 3 aromatic rings. The zero-order valence-electron chi connectivity index (χ0n) is 12.9. The highest BCUT2D eigenvalue weighted by Crippen LogP contribution is 2.30. The number of halogens is 1. The van der Waals surface area contributed by atoms with Crippen molar-refractivity contribution in [2.75, 3.05) is 6.61 Å². The summed E-state index contributed by atoms with van der Waals surface area (Å²) < 4.78 is 31.9. The molecule has 0 radical (unpaired) electrons. The van der Waals surface area contributed by atoms with Crippen LogP contribution < -0.4 is 10.2 Å². The van der Waals surface area contributed by atoms with E-state index in [0.29, 0.717) is 22.3 Å². The lowest BCUT2D eigenvalue weighted by atomic mass is 10.1. The number of hydrogen-bond donors (Lipinski definition) is 0. The highest BCUT2D eigenvalue weighted by molar-refractivity contribution is 7.71. The second-order valence-electron chi connectivity index (χ2n) is 5.19. The first-order chi connectivity index (χ1) is 12.1. The summed E-state index contributed by atoms with van der Waals surface area (Å²) in [6.45, 7) is 0.144. The Balaban J connectivity index is 1.97. The topological polar surface area (TPSA) is 73.6 Å². The Bertz CT molecular complexity index is 1090. The maximum Gasteiger partial charge on any atom is 0.210 e. The average molecular weight is 377 g/mol. The van der Waals surface area contributed by atoms with Crippen molar-refractivity contribution < 1.29 is 17.6 Å². The summed E-state index contributed by atoms with van der Waals surface area (Å²) in [5, 5.41) is 1.71. The zero-order chi connectivity index (χ0) is 17.8. The van der Waals surface area contributed by atoms with Gasteiger partial charge in [-0.1, -0.05) is 41.9 Å². The van der Waals surface area contributed by atoms with E-state index in [1.54, 1.807) is 0 Å². The first-order valence-corrected chi connectivity index (χ1v) is 8.92. The van der Waals surface area contributed by atoms with Crippen LogP contribution in [0.3, 0.4) is 0 Å². The number of rotatable bonds is 5. The van der Waals surface area contributed by atoms with E-state index in [-0.39, 0.29) is 23.5 Å². The highest BCUT2D eigenvalue weighted by atomic mass is 35.5. The van der Waals surface area contributed by atoms with Gasteiger partial charge >= 0.3 is 0 Å². The first-order valence-electron chi connectivity index (χ1n) is 7.41. The van der Waals surface area contributed by atoms with Crippen molar-refractivity contribution >= 4 is 38.2 Å². The molecule has 128 valence electrons. The smallest absolute Gasteiger partial charge is 0.210 e. The Morgan fingerprint density at radius 3 is 2.64 bits per heavy atom. The lowest BCUT2D eigenvalue weighted by molar-refractivity contribution is 0.331. The van der Waals surface area contributed by atoms with Gasteiger partial charge < -0.3 is 9.15 Å². The lowest BCUT2D eigenvalue weighted by Crippen LogP contribution is -2.05. The maximum absolute atomic E-state index is 12.7. The van der Waals surface area contributed by atoms with E-state index in [4.69, 9.17) is 20.8 Å². The third-order valence-electron chi connectivity index (χ3n) is 3.54. The van der Waals surface area contributed by atoms with Crippen molar-refractivity contribution in [1.82, 2.24) is 0 Å². The summed E-state index contributed by atoms with van der Waals surface area (Å²) in [6.07, 6.45) is 1.63. The predicted molar refractivity (Wildman–Crippen MR) is 98.0 cm³/mol. The van der Waals surface area contributed by atoms with Crippen molar-refractivity contribution in [2.45, 2.75) is 6.42 Å². The number of hydrogen-bond acceptors (Lipinski definition) is 5. The molecule has 25 heavy (non-hydrogen) atoms. The van der Waals surface area contributed by atoms with Gasteiger partial charge in [-0.15, -0.1) is 0 Å². The fourth-order valence-electron chi connectivity index (χ4n) is 2.37. The molecule has 0 bridgehead atoms. The van der Waals surface area contributed by atoms with Crippen LogP contribution in [0.5, 0.6) is 5.75 Å². The molecule has 0 aliphatic rings. The Hall–Kier alpha value is -2.57. The molecule has 1 aromatic heterocycles. The van der Waals surface area contributed by atoms with Crippen molar-refractivity contribution in [3.8, 4) is 16.9 Å². The molecule has 0 N–H and O–H groups in total. The summed E-state index contributed by atoms with van der Waals surface area (Å²) in [7, 11) is -2.22. The van der Waals surface area contributed by atoms with E-state index >= 15 is 0 Å². The van der Waals surface area contributed by atoms with E-state index in [1.165, 1.54) is 18.4 Å². The minimum absolute atomic E-state index is 0.144. The minimum Gasteiger partial charge on any atom is -0.492 e. The fourth-order valence-corrected chi connectivity index (χ4v) is 2.88. The number of ether oxygens (including phenoxy) is 1. The Kier molecular flexibility index (Phi) is 5.21. The van der Waals surface area contributed by atoms with Gasteiger partial charge in [0.1, 0.15) is 17.6 Å². The van der Waals surface area contributed by atoms with Gasteiger partial charge in [-0.25, -0.2) is 0 Å². The molecule has 0 unspecified atom stereocenters. The molecule has 0 aliphatic carbocycles. The van der Waals surface area contributed by atoms with E-state index in [1.807, 2.05) is 30.3 Å². The summed E-state index contributed by atoms with van der Waals surface area (Å²) >= 11 is 6.18. The fraction of sp³-hybridized carbons (Fsp3) is 0.111. The van der Waals surface area contributed by atoms with Gasteiger partial charge in [0.15, 0.2) is 0 Å². The molecule has 2 aromatic carbocycles. The molecule has 3 rings (SSSR count). The Morgan fingerprint density at radius 1 is 1.16 bits per heavy atom. The normalized spacial score (nSPS) is 10.6. The van der Waals surface area contributed by atoms with Crippen LogP contribution in [0.15, 0.2) is 57.9 Å².